The van der Waals surface area contributed by atoms with E-state index in [-0.39, 0.29) is 0 Å². The third-order valence-corrected chi connectivity index (χ3v) is 7.03. The van der Waals surface area contributed by atoms with Crippen molar-refractivity contribution in [1.29, 1.82) is 0 Å². The van der Waals surface area contributed by atoms with Crippen LogP contribution < -0.4 is 14.4 Å². The average Bonchev–Trinajstić information content (AvgIpc) is 3.36. The van der Waals surface area contributed by atoms with Gasteiger partial charge in [0.05, 0.1) is 33.1 Å². The zero-order valence-corrected chi connectivity index (χ0v) is 21.1. The van der Waals surface area contributed by atoms with Crippen LogP contribution in [0.4, 0.5) is 5.13 Å². The minimum Gasteiger partial charge on any atom is -0.497 e. The number of aromatic nitrogens is 1. The molecule has 0 spiro atoms. The van der Waals surface area contributed by atoms with Gasteiger partial charge in [-0.25, -0.2) is 4.98 Å². The van der Waals surface area contributed by atoms with Gasteiger partial charge in [0, 0.05) is 25.0 Å². The molecule has 1 fully saturated rings. The number of ether oxygens (including phenoxy) is 3. The van der Waals surface area contributed by atoms with Gasteiger partial charge in [0.1, 0.15) is 11.5 Å². The number of piperidine rings is 1. The van der Waals surface area contributed by atoms with Gasteiger partial charge in [-0.1, -0.05) is 30.7 Å². The maximum absolute atomic E-state index is 5.96. The number of rotatable bonds is 12. The molecule has 0 saturated carbocycles. The van der Waals surface area contributed by atoms with Gasteiger partial charge in [0.25, 0.3) is 0 Å². The highest BCUT2D eigenvalue weighted by Crippen LogP contribution is 2.27. The number of thiazole rings is 1. The van der Waals surface area contributed by atoms with E-state index in [2.05, 4.69) is 39.4 Å². The average molecular weight is 482 g/mol. The Balaban J connectivity index is 1.41. The molecule has 182 valence electrons. The van der Waals surface area contributed by atoms with Crippen molar-refractivity contribution >= 4 is 16.5 Å². The van der Waals surface area contributed by atoms with E-state index in [4.69, 9.17) is 19.2 Å². The van der Waals surface area contributed by atoms with Crippen molar-refractivity contribution in [2.45, 2.75) is 39.0 Å². The van der Waals surface area contributed by atoms with Crippen LogP contribution in [0.25, 0.3) is 0 Å². The van der Waals surface area contributed by atoms with Crippen LogP contribution in [0, 0.1) is 0 Å². The molecule has 0 N–H and O–H groups in total. The maximum Gasteiger partial charge on any atom is 0.186 e. The summed E-state index contributed by atoms with van der Waals surface area (Å²) in [6.07, 6.45) is 3.98. The van der Waals surface area contributed by atoms with Crippen molar-refractivity contribution in [2.24, 2.45) is 0 Å². The number of hydrogen-bond donors (Lipinski definition) is 0. The molecule has 3 aromatic rings. The quantitative estimate of drug-likeness (QED) is 0.324. The molecule has 7 heteroatoms. The molecule has 2 aromatic carbocycles. The summed E-state index contributed by atoms with van der Waals surface area (Å²) >= 11 is 1.66. The molecule has 6 nitrogen and oxygen atoms in total. The summed E-state index contributed by atoms with van der Waals surface area (Å²) < 4.78 is 16.8. The molecule has 0 atom stereocenters. The number of anilines is 1. The van der Waals surface area contributed by atoms with Crippen LogP contribution in [0.3, 0.4) is 0 Å². The second-order valence-electron chi connectivity index (χ2n) is 8.64. The highest BCUT2D eigenvalue weighted by atomic mass is 32.1. The summed E-state index contributed by atoms with van der Waals surface area (Å²) in [6.45, 7) is 6.19. The standard InChI is InChI=1S/C27H35N3O3S/c1-31-25-10-6-8-22(16-25)18-30(19-23-9-7-11-26(17-23)32-2)27-28-24(21-34-27)20-33-15-14-29-12-4-3-5-13-29/h6-11,16-17,21H,3-5,12-15,18-20H2,1-2H3. The zero-order valence-electron chi connectivity index (χ0n) is 20.2. The number of hydrogen-bond acceptors (Lipinski definition) is 7. The highest BCUT2D eigenvalue weighted by Gasteiger charge is 2.15. The lowest BCUT2D eigenvalue weighted by molar-refractivity contribution is 0.0848. The van der Waals surface area contributed by atoms with E-state index in [0.29, 0.717) is 6.61 Å². The fourth-order valence-electron chi connectivity index (χ4n) is 4.23. The van der Waals surface area contributed by atoms with Crippen LogP contribution in [0.5, 0.6) is 11.5 Å². The lowest BCUT2D eigenvalue weighted by Crippen LogP contribution is -2.32. The molecule has 0 aliphatic carbocycles. The maximum atomic E-state index is 5.96. The summed E-state index contributed by atoms with van der Waals surface area (Å²) in [6, 6.07) is 16.4. The molecule has 1 saturated heterocycles. The van der Waals surface area contributed by atoms with Gasteiger partial charge in [-0.3, -0.25) is 0 Å². The Hall–Kier alpha value is -2.61. The van der Waals surface area contributed by atoms with Gasteiger partial charge in [0.2, 0.25) is 0 Å². The first kappa shape index (κ1) is 24.5. The van der Waals surface area contributed by atoms with Gasteiger partial charge in [-0.05, 0) is 61.3 Å². The van der Waals surface area contributed by atoms with E-state index in [1.54, 1.807) is 25.6 Å². The second kappa shape index (κ2) is 12.7. The van der Waals surface area contributed by atoms with Crippen LogP contribution in [-0.2, 0) is 24.4 Å². The first-order chi connectivity index (χ1) is 16.7. The predicted octanol–water partition coefficient (Wildman–Crippen LogP) is 5.37. The molecule has 1 aliphatic heterocycles. The molecule has 0 radical (unpaired) electrons. The van der Waals surface area contributed by atoms with E-state index < -0.39 is 0 Å². The van der Waals surface area contributed by atoms with Crippen molar-refractivity contribution in [1.82, 2.24) is 9.88 Å². The van der Waals surface area contributed by atoms with E-state index >= 15 is 0 Å². The molecular weight excluding hydrogens is 446 g/mol. The van der Waals surface area contributed by atoms with Crippen molar-refractivity contribution in [3.63, 3.8) is 0 Å². The number of nitrogens with zero attached hydrogens (tertiary/aromatic N) is 3. The van der Waals surface area contributed by atoms with Gasteiger partial charge in [-0.2, -0.15) is 0 Å². The van der Waals surface area contributed by atoms with Crippen LogP contribution in [0.15, 0.2) is 53.9 Å². The minimum absolute atomic E-state index is 0.552. The third kappa shape index (κ3) is 7.19. The van der Waals surface area contributed by atoms with E-state index in [1.165, 1.54) is 43.5 Å². The molecule has 2 heterocycles. The van der Waals surface area contributed by atoms with Gasteiger partial charge in [0.15, 0.2) is 5.13 Å². The first-order valence-electron chi connectivity index (χ1n) is 12.0. The van der Waals surface area contributed by atoms with Crippen molar-refractivity contribution in [3.8, 4) is 11.5 Å². The Morgan fingerprint density at radius 1 is 0.912 bits per heavy atom. The first-order valence-corrected chi connectivity index (χ1v) is 12.9. The van der Waals surface area contributed by atoms with Crippen LogP contribution in [0.2, 0.25) is 0 Å². The molecule has 0 unspecified atom stereocenters. The SMILES string of the molecule is COc1cccc(CN(Cc2cccc(OC)c2)c2nc(COCCN3CCCCC3)cs2)c1. The lowest BCUT2D eigenvalue weighted by Gasteiger charge is -2.26. The Morgan fingerprint density at radius 3 is 2.18 bits per heavy atom. The van der Waals surface area contributed by atoms with Crippen molar-refractivity contribution in [3.05, 3.63) is 70.7 Å². The van der Waals surface area contributed by atoms with Crippen LogP contribution in [0.1, 0.15) is 36.1 Å². The highest BCUT2D eigenvalue weighted by molar-refractivity contribution is 7.13. The smallest absolute Gasteiger partial charge is 0.186 e. The Kier molecular flexibility index (Phi) is 9.19. The third-order valence-electron chi connectivity index (χ3n) is 6.08. The zero-order chi connectivity index (χ0) is 23.6. The molecule has 4 rings (SSSR count). The Labute approximate surface area is 207 Å². The number of methoxy groups -OCH3 is 2. The summed E-state index contributed by atoms with van der Waals surface area (Å²) in [5.41, 5.74) is 3.34. The van der Waals surface area contributed by atoms with Crippen LogP contribution in [-0.4, -0.2) is 50.3 Å². The Morgan fingerprint density at radius 2 is 1.56 bits per heavy atom. The van der Waals surface area contributed by atoms with Gasteiger partial charge < -0.3 is 24.0 Å². The van der Waals surface area contributed by atoms with E-state index in [0.717, 1.165) is 48.6 Å². The fourth-order valence-corrected chi connectivity index (χ4v) is 5.05. The topological polar surface area (TPSA) is 47.1 Å². The molecular formula is C27H35N3O3S. The summed E-state index contributed by atoms with van der Waals surface area (Å²) in [7, 11) is 3.40. The van der Waals surface area contributed by atoms with Crippen LogP contribution >= 0.6 is 11.3 Å². The lowest BCUT2D eigenvalue weighted by atomic mass is 10.1. The van der Waals surface area contributed by atoms with Crippen molar-refractivity contribution < 1.29 is 14.2 Å². The number of benzene rings is 2. The molecule has 1 aromatic heterocycles. The molecule has 1 aliphatic rings. The normalized spacial score (nSPS) is 14.2. The van der Waals surface area contributed by atoms with Crippen molar-refractivity contribution in [2.75, 3.05) is 45.4 Å². The summed E-state index contributed by atoms with van der Waals surface area (Å²) in [5, 5.41) is 3.10. The second-order valence-corrected chi connectivity index (χ2v) is 9.47. The molecule has 0 amide bonds. The van der Waals surface area contributed by atoms with E-state index in [9.17, 15) is 0 Å². The Bertz CT molecular complexity index is 970. The minimum atomic E-state index is 0.552. The fraction of sp³-hybridized carbons (Fsp3) is 0.444. The monoisotopic (exact) mass is 481 g/mol. The summed E-state index contributed by atoms with van der Waals surface area (Å²) in [5.74, 6) is 1.72. The molecule has 34 heavy (non-hydrogen) atoms. The van der Waals surface area contributed by atoms with Gasteiger partial charge in [-0.15, -0.1) is 11.3 Å². The number of likely N-dealkylation sites (tertiary alicyclic amines) is 1. The van der Waals surface area contributed by atoms with Gasteiger partial charge >= 0.3 is 0 Å². The predicted molar refractivity (Wildman–Crippen MR) is 138 cm³/mol. The summed E-state index contributed by atoms with van der Waals surface area (Å²) in [4.78, 5) is 9.71. The molecule has 0 bridgehead atoms. The van der Waals surface area contributed by atoms with E-state index in [1.807, 2.05) is 24.3 Å². The largest absolute Gasteiger partial charge is 0.497 e.